The van der Waals surface area contributed by atoms with E-state index >= 15 is 0 Å². The molecule has 1 N–H and O–H groups in total. The van der Waals surface area contributed by atoms with Crippen molar-refractivity contribution in [2.24, 2.45) is 5.92 Å². The zero-order valence-corrected chi connectivity index (χ0v) is 14.0. The Bertz CT molecular complexity index is 436. The number of hydrogen-bond donors (Lipinski definition) is 1. The predicted octanol–water partition coefficient (Wildman–Crippen LogP) is 4.06. The van der Waals surface area contributed by atoms with E-state index in [1.165, 1.54) is 25.7 Å². The Labute approximate surface area is 131 Å². The zero-order valence-electron chi connectivity index (χ0n) is 10.9. The maximum absolute atomic E-state index is 11.9. The van der Waals surface area contributed by atoms with Crippen molar-refractivity contribution in [3.63, 3.8) is 0 Å². The van der Waals surface area contributed by atoms with Crippen LogP contribution in [0.4, 0.5) is 0 Å². The van der Waals surface area contributed by atoms with Gasteiger partial charge in [0.2, 0.25) is 5.91 Å². The summed E-state index contributed by atoms with van der Waals surface area (Å²) in [7, 11) is 0. The fourth-order valence-electron chi connectivity index (χ4n) is 2.56. The molecule has 1 fully saturated rings. The molecule has 1 aromatic carbocycles. The number of nitrogens with one attached hydrogen (secondary N) is 1. The summed E-state index contributed by atoms with van der Waals surface area (Å²) in [6, 6.07) is 7.91. The van der Waals surface area contributed by atoms with Crippen LogP contribution in [0.3, 0.4) is 0 Å². The second-order valence-electron chi connectivity index (χ2n) is 5.24. The Morgan fingerprint density at radius 1 is 1.37 bits per heavy atom. The van der Waals surface area contributed by atoms with Crippen molar-refractivity contribution in [1.29, 1.82) is 0 Å². The highest BCUT2D eigenvalue weighted by molar-refractivity contribution is 9.10. The molecule has 1 aliphatic carbocycles. The molecule has 0 heterocycles. The quantitative estimate of drug-likeness (QED) is 0.774. The molecule has 1 saturated carbocycles. The molecule has 0 aromatic heterocycles. The lowest BCUT2D eigenvalue weighted by molar-refractivity contribution is -0.120. The number of rotatable bonds is 4. The van der Waals surface area contributed by atoms with Crippen LogP contribution in [-0.2, 0) is 11.2 Å². The van der Waals surface area contributed by atoms with Gasteiger partial charge >= 0.3 is 0 Å². The van der Waals surface area contributed by atoms with Crippen molar-refractivity contribution in [1.82, 2.24) is 5.32 Å². The van der Waals surface area contributed by atoms with Crippen LogP contribution < -0.4 is 5.32 Å². The number of carbonyl (C=O) groups is 1. The van der Waals surface area contributed by atoms with E-state index in [9.17, 15) is 4.79 Å². The second kappa shape index (κ2) is 7.44. The SMILES string of the molecule is O=C(Cc1cccc(Br)c1)NCC1CCCC(Br)C1. The van der Waals surface area contributed by atoms with Gasteiger partial charge in [-0.1, -0.05) is 50.4 Å². The molecule has 2 rings (SSSR count). The van der Waals surface area contributed by atoms with Crippen LogP contribution >= 0.6 is 31.9 Å². The lowest BCUT2D eigenvalue weighted by Gasteiger charge is -2.25. The molecule has 1 aliphatic rings. The van der Waals surface area contributed by atoms with Crippen molar-refractivity contribution in [3.8, 4) is 0 Å². The molecule has 1 amide bonds. The average molecular weight is 389 g/mol. The summed E-state index contributed by atoms with van der Waals surface area (Å²) in [5, 5.41) is 3.07. The Kier molecular flexibility index (Phi) is 5.89. The second-order valence-corrected chi connectivity index (χ2v) is 7.45. The molecule has 0 spiro atoms. The van der Waals surface area contributed by atoms with Gasteiger partial charge in [-0.3, -0.25) is 4.79 Å². The molecule has 1 aromatic rings. The van der Waals surface area contributed by atoms with E-state index in [1.807, 2.05) is 24.3 Å². The molecule has 4 heteroatoms. The Morgan fingerprint density at radius 3 is 2.95 bits per heavy atom. The van der Waals surface area contributed by atoms with Gasteiger partial charge < -0.3 is 5.32 Å². The molecule has 2 unspecified atom stereocenters. The first-order chi connectivity index (χ1) is 9.13. The van der Waals surface area contributed by atoms with E-state index in [2.05, 4.69) is 37.2 Å². The Hall–Kier alpha value is -0.350. The highest BCUT2D eigenvalue weighted by Crippen LogP contribution is 2.28. The summed E-state index contributed by atoms with van der Waals surface area (Å²) in [4.78, 5) is 12.5. The van der Waals surface area contributed by atoms with E-state index in [0.29, 0.717) is 17.2 Å². The molecule has 2 nitrogen and oxygen atoms in total. The molecule has 0 saturated heterocycles. The first kappa shape index (κ1) is 15.0. The van der Waals surface area contributed by atoms with E-state index in [4.69, 9.17) is 0 Å². The van der Waals surface area contributed by atoms with E-state index in [1.54, 1.807) is 0 Å². The third-order valence-corrected chi connectivity index (χ3v) is 4.89. The van der Waals surface area contributed by atoms with Crippen molar-refractivity contribution < 1.29 is 4.79 Å². The van der Waals surface area contributed by atoms with Gasteiger partial charge in [0.25, 0.3) is 0 Å². The molecular weight excluding hydrogens is 370 g/mol. The Balaban J connectivity index is 1.75. The van der Waals surface area contributed by atoms with Gasteiger partial charge in [-0.15, -0.1) is 0 Å². The summed E-state index contributed by atoms with van der Waals surface area (Å²) in [6.45, 7) is 0.814. The largest absolute Gasteiger partial charge is 0.356 e. The molecule has 0 bridgehead atoms. The maximum Gasteiger partial charge on any atom is 0.224 e. The first-order valence-electron chi connectivity index (χ1n) is 6.78. The third kappa shape index (κ3) is 5.27. The van der Waals surface area contributed by atoms with Gasteiger partial charge in [0.05, 0.1) is 6.42 Å². The third-order valence-electron chi connectivity index (χ3n) is 3.56. The monoisotopic (exact) mass is 387 g/mol. The number of alkyl halides is 1. The van der Waals surface area contributed by atoms with Gasteiger partial charge in [-0.2, -0.15) is 0 Å². The van der Waals surface area contributed by atoms with Gasteiger partial charge in [-0.25, -0.2) is 0 Å². The molecule has 2 atom stereocenters. The van der Waals surface area contributed by atoms with Crippen LogP contribution in [0.25, 0.3) is 0 Å². The van der Waals surface area contributed by atoms with E-state index in [-0.39, 0.29) is 5.91 Å². The lowest BCUT2D eigenvalue weighted by atomic mass is 9.89. The van der Waals surface area contributed by atoms with E-state index < -0.39 is 0 Å². The molecule has 0 aliphatic heterocycles. The average Bonchev–Trinajstić information content (AvgIpc) is 2.36. The van der Waals surface area contributed by atoms with Crippen LogP contribution in [-0.4, -0.2) is 17.3 Å². The smallest absolute Gasteiger partial charge is 0.224 e. The van der Waals surface area contributed by atoms with Gasteiger partial charge in [0.1, 0.15) is 0 Å². The Morgan fingerprint density at radius 2 is 2.21 bits per heavy atom. The normalized spacial score (nSPS) is 23.1. The fourth-order valence-corrected chi connectivity index (χ4v) is 3.86. The highest BCUT2D eigenvalue weighted by Gasteiger charge is 2.20. The van der Waals surface area contributed by atoms with Crippen LogP contribution in [0.5, 0.6) is 0 Å². The number of halogens is 2. The van der Waals surface area contributed by atoms with Crippen molar-refractivity contribution in [2.45, 2.75) is 36.9 Å². The van der Waals surface area contributed by atoms with Gasteiger partial charge in [0.15, 0.2) is 0 Å². The standard InChI is InChI=1S/C15H19Br2NO/c16-13-5-1-3-11(7-13)9-15(19)18-10-12-4-2-6-14(17)8-12/h1,3,5,7,12,14H,2,4,6,8-10H2,(H,18,19). The van der Waals surface area contributed by atoms with Crippen LogP contribution in [0.15, 0.2) is 28.7 Å². The summed E-state index contributed by atoms with van der Waals surface area (Å²) < 4.78 is 1.02. The number of hydrogen-bond acceptors (Lipinski definition) is 1. The first-order valence-corrected chi connectivity index (χ1v) is 8.49. The molecule has 19 heavy (non-hydrogen) atoms. The molecule has 104 valence electrons. The summed E-state index contributed by atoms with van der Waals surface area (Å²) >= 11 is 7.10. The van der Waals surface area contributed by atoms with Crippen LogP contribution in [0.1, 0.15) is 31.2 Å². The van der Waals surface area contributed by atoms with Crippen LogP contribution in [0, 0.1) is 5.92 Å². The number of carbonyl (C=O) groups excluding carboxylic acids is 1. The maximum atomic E-state index is 11.9. The minimum absolute atomic E-state index is 0.120. The summed E-state index contributed by atoms with van der Waals surface area (Å²) in [6.07, 6.45) is 5.41. The lowest BCUT2D eigenvalue weighted by Crippen LogP contribution is -2.32. The van der Waals surface area contributed by atoms with Gasteiger partial charge in [-0.05, 0) is 42.9 Å². The highest BCUT2D eigenvalue weighted by atomic mass is 79.9. The van der Waals surface area contributed by atoms with Crippen molar-refractivity contribution in [3.05, 3.63) is 34.3 Å². The predicted molar refractivity (Wildman–Crippen MR) is 85.5 cm³/mol. The number of amides is 1. The molecule has 0 radical (unpaired) electrons. The molecular formula is C15H19Br2NO. The summed E-state index contributed by atoms with van der Waals surface area (Å²) in [5.41, 5.74) is 1.05. The topological polar surface area (TPSA) is 29.1 Å². The minimum atomic E-state index is 0.120. The minimum Gasteiger partial charge on any atom is -0.356 e. The number of benzene rings is 1. The van der Waals surface area contributed by atoms with Gasteiger partial charge in [0, 0.05) is 15.8 Å². The van der Waals surface area contributed by atoms with E-state index in [0.717, 1.165) is 16.6 Å². The fraction of sp³-hybridized carbons (Fsp3) is 0.533. The van der Waals surface area contributed by atoms with Crippen LogP contribution in [0.2, 0.25) is 0 Å². The summed E-state index contributed by atoms with van der Waals surface area (Å²) in [5.74, 6) is 0.749. The van der Waals surface area contributed by atoms with Crippen molar-refractivity contribution >= 4 is 37.8 Å². The zero-order chi connectivity index (χ0) is 13.7. The van der Waals surface area contributed by atoms with Crippen molar-refractivity contribution in [2.75, 3.05) is 6.54 Å².